The van der Waals surface area contributed by atoms with Crippen molar-refractivity contribution < 1.29 is 13.9 Å². The van der Waals surface area contributed by atoms with Gasteiger partial charge >= 0.3 is 0 Å². The summed E-state index contributed by atoms with van der Waals surface area (Å²) in [6.45, 7) is 15.6. The van der Waals surface area contributed by atoms with Gasteiger partial charge in [0, 0.05) is 7.11 Å². The van der Waals surface area contributed by atoms with Gasteiger partial charge in [0.15, 0.2) is 14.1 Å². The monoisotopic (exact) mass is 324 g/mol. The number of hydrogen-bond donors (Lipinski definition) is 0. The lowest BCUT2D eigenvalue weighted by Gasteiger charge is -2.40. The van der Waals surface area contributed by atoms with E-state index in [1.54, 1.807) is 7.11 Å². The van der Waals surface area contributed by atoms with Gasteiger partial charge in [-0.1, -0.05) is 51.1 Å². The zero-order chi connectivity index (χ0) is 17.0. The topological polar surface area (TPSA) is 27.7 Å². The Morgan fingerprint density at radius 3 is 2.00 bits per heavy atom. The van der Waals surface area contributed by atoms with Gasteiger partial charge in [0.1, 0.15) is 0 Å². The van der Waals surface area contributed by atoms with Gasteiger partial charge in [-0.25, -0.2) is 0 Å². The molecular weight excluding hydrogens is 292 g/mol. The minimum Gasteiger partial charge on any atom is -0.408 e. The minimum absolute atomic E-state index is 0.0727. The van der Waals surface area contributed by atoms with E-state index in [0.717, 1.165) is 5.56 Å². The van der Waals surface area contributed by atoms with Crippen LogP contribution in [0.15, 0.2) is 30.3 Å². The maximum absolute atomic E-state index is 6.59. The van der Waals surface area contributed by atoms with E-state index < -0.39 is 14.1 Å². The van der Waals surface area contributed by atoms with Gasteiger partial charge in [-0.3, -0.25) is 0 Å². The normalized spacial score (nSPS) is 14.9. The van der Waals surface area contributed by atoms with Crippen LogP contribution in [0.4, 0.5) is 0 Å². The summed E-state index contributed by atoms with van der Waals surface area (Å²) in [6, 6.07) is 10.3. The molecule has 1 rings (SSSR count). The van der Waals surface area contributed by atoms with E-state index >= 15 is 0 Å². The molecule has 3 nitrogen and oxygen atoms in total. The molecule has 126 valence electrons. The smallest absolute Gasteiger partial charge is 0.193 e. The molecule has 0 aromatic heterocycles. The highest BCUT2D eigenvalue weighted by Gasteiger charge is 2.39. The van der Waals surface area contributed by atoms with Gasteiger partial charge < -0.3 is 13.9 Å². The van der Waals surface area contributed by atoms with Crippen molar-refractivity contribution in [3.63, 3.8) is 0 Å². The molecule has 4 heteroatoms. The molecule has 1 atom stereocenters. The van der Waals surface area contributed by atoms with Crippen molar-refractivity contribution >= 4 is 8.32 Å². The van der Waals surface area contributed by atoms with Crippen molar-refractivity contribution in [2.24, 2.45) is 0 Å². The standard InChI is InChI=1S/C18H32O3Si/c1-17(2,3)22(7,8)21-16(14-20-18(4,5)19-6)15-12-10-9-11-13-15/h9-13,16H,14H2,1-8H3/t16-/m1/s1. The summed E-state index contributed by atoms with van der Waals surface area (Å²) >= 11 is 0. The third-order valence-corrected chi connectivity index (χ3v) is 8.97. The lowest BCUT2D eigenvalue weighted by Crippen LogP contribution is -2.43. The van der Waals surface area contributed by atoms with E-state index in [4.69, 9.17) is 13.9 Å². The molecule has 0 bridgehead atoms. The predicted octanol–water partition coefficient (Wildman–Crippen LogP) is 5.15. The number of hydrogen-bond acceptors (Lipinski definition) is 3. The van der Waals surface area contributed by atoms with Crippen LogP contribution in [0.25, 0.3) is 0 Å². The maximum Gasteiger partial charge on any atom is 0.193 e. The molecular formula is C18H32O3Si. The SMILES string of the molecule is COC(C)(C)OC[C@@H](O[Si](C)(C)C(C)(C)C)c1ccccc1. The van der Waals surface area contributed by atoms with Crippen molar-refractivity contribution in [2.75, 3.05) is 13.7 Å². The van der Waals surface area contributed by atoms with E-state index in [-0.39, 0.29) is 11.1 Å². The highest BCUT2D eigenvalue weighted by Crippen LogP contribution is 2.40. The van der Waals surface area contributed by atoms with Crippen LogP contribution in [-0.2, 0) is 13.9 Å². The Morgan fingerprint density at radius 1 is 1.00 bits per heavy atom. The van der Waals surface area contributed by atoms with Gasteiger partial charge in [0.05, 0.1) is 12.7 Å². The Bertz CT molecular complexity index is 449. The first-order chi connectivity index (χ1) is 9.98. The fourth-order valence-electron chi connectivity index (χ4n) is 1.73. The number of methoxy groups -OCH3 is 1. The molecule has 0 radical (unpaired) electrons. The van der Waals surface area contributed by atoms with Gasteiger partial charge in [0.25, 0.3) is 0 Å². The Morgan fingerprint density at radius 2 is 1.55 bits per heavy atom. The van der Waals surface area contributed by atoms with Crippen LogP contribution in [0.3, 0.4) is 0 Å². The quantitative estimate of drug-likeness (QED) is 0.513. The minimum atomic E-state index is -1.88. The van der Waals surface area contributed by atoms with E-state index in [2.05, 4.69) is 46.0 Å². The third kappa shape index (κ3) is 5.50. The molecule has 0 N–H and O–H groups in total. The van der Waals surface area contributed by atoms with E-state index in [1.165, 1.54) is 0 Å². The molecule has 0 saturated carbocycles. The average molecular weight is 325 g/mol. The molecule has 0 heterocycles. The summed E-state index contributed by atoms with van der Waals surface area (Å²) in [5.41, 5.74) is 1.15. The van der Waals surface area contributed by atoms with Crippen LogP contribution in [-0.4, -0.2) is 27.8 Å². The zero-order valence-corrected chi connectivity index (χ0v) is 16.4. The first-order valence-electron chi connectivity index (χ1n) is 7.90. The number of rotatable bonds is 7. The summed E-state index contributed by atoms with van der Waals surface area (Å²) in [7, 11) is -0.219. The van der Waals surface area contributed by atoms with Crippen molar-refractivity contribution in [3.8, 4) is 0 Å². The first-order valence-corrected chi connectivity index (χ1v) is 10.8. The molecule has 22 heavy (non-hydrogen) atoms. The van der Waals surface area contributed by atoms with Gasteiger partial charge in [-0.15, -0.1) is 0 Å². The summed E-state index contributed by atoms with van der Waals surface area (Å²) in [6.07, 6.45) is -0.0727. The van der Waals surface area contributed by atoms with Crippen LogP contribution in [0.1, 0.15) is 46.3 Å². The van der Waals surface area contributed by atoms with Gasteiger partial charge in [-0.05, 0) is 37.5 Å². The maximum atomic E-state index is 6.59. The molecule has 0 spiro atoms. The summed E-state index contributed by atoms with van der Waals surface area (Å²) in [5.74, 6) is -0.607. The van der Waals surface area contributed by atoms with E-state index in [1.807, 2.05) is 32.0 Å². The zero-order valence-electron chi connectivity index (χ0n) is 15.4. The van der Waals surface area contributed by atoms with Crippen molar-refractivity contribution in [3.05, 3.63) is 35.9 Å². The second-order valence-electron chi connectivity index (χ2n) is 7.69. The number of ether oxygens (including phenoxy) is 2. The summed E-state index contributed by atoms with van der Waals surface area (Å²) < 4.78 is 17.9. The highest BCUT2D eigenvalue weighted by atomic mass is 28.4. The predicted molar refractivity (Wildman–Crippen MR) is 94.5 cm³/mol. The highest BCUT2D eigenvalue weighted by molar-refractivity contribution is 6.74. The second kappa shape index (κ2) is 7.26. The summed E-state index contributed by atoms with van der Waals surface area (Å²) in [5, 5.41) is 0.163. The van der Waals surface area contributed by atoms with Crippen molar-refractivity contribution in [2.45, 2.75) is 64.6 Å². The van der Waals surface area contributed by atoms with Gasteiger partial charge in [-0.2, -0.15) is 0 Å². The molecule has 0 aliphatic carbocycles. The van der Waals surface area contributed by atoms with E-state index in [9.17, 15) is 0 Å². The molecule has 0 aliphatic rings. The third-order valence-electron chi connectivity index (χ3n) is 4.49. The number of benzene rings is 1. The average Bonchev–Trinajstić information content (AvgIpc) is 2.43. The molecule has 0 unspecified atom stereocenters. The van der Waals surface area contributed by atoms with Crippen molar-refractivity contribution in [1.29, 1.82) is 0 Å². The fourth-order valence-corrected chi connectivity index (χ4v) is 3.00. The lowest BCUT2D eigenvalue weighted by molar-refractivity contribution is -0.208. The van der Waals surface area contributed by atoms with Crippen LogP contribution < -0.4 is 0 Å². The first kappa shape index (κ1) is 19.4. The molecule has 1 aromatic carbocycles. The van der Waals surface area contributed by atoms with Crippen molar-refractivity contribution in [1.82, 2.24) is 0 Å². The van der Waals surface area contributed by atoms with Crippen LogP contribution in [0.5, 0.6) is 0 Å². The largest absolute Gasteiger partial charge is 0.408 e. The molecule has 0 aliphatic heterocycles. The summed E-state index contributed by atoms with van der Waals surface area (Å²) in [4.78, 5) is 0. The Kier molecular flexibility index (Phi) is 6.39. The molecule has 1 aromatic rings. The van der Waals surface area contributed by atoms with Crippen LogP contribution in [0, 0.1) is 0 Å². The van der Waals surface area contributed by atoms with Crippen LogP contribution >= 0.6 is 0 Å². The lowest BCUT2D eigenvalue weighted by atomic mass is 10.1. The molecule has 0 saturated heterocycles. The second-order valence-corrected chi connectivity index (χ2v) is 12.4. The van der Waals surface area contributed by atoms with Crippen LogP contribution in [0.2, 0.25) is 18.1 Å². The Labute approximate surface area is 137 Å². The fraction of sp³-hybridized carbons (Fsp3) is 0.667. The van der Waals surface area contributed by atoms with Gasteiger partial charge in [0.2, 0.25) is 0 Å². The molecule has 0 fully saturated rings. The van der Waals surface area contributed by atoms with E-state index in [0.29, 0.717) is 6.61 Å². The molecule has 0 amide bonds. The Balaban J connectivity index is 2.93. The Hall–Kier alpha value is -0.683.